The van der Waals surface area contributed by atoms with Gasteiger partial charge in [-0.2, -0.15) is 16.1 Å². The van der Waals surface area contributed by atoms with Crippen LogP contribution in [0.4, 0.5) is 0 Å². The number of nitrogens with zero attached hydrogens (tertiary/aromatic N) is 1. The smallest absolute Gasteiger partial charge is 0.244 e. The van der Waals surface area contributed by atoms with Crippen LogP contribution in [0.1, 0.15) is 12.0 Å². The molecule has 1 saturated heterocycles. The predicted octanol–water partition coefficient (Wildman–Crippen LogP) is 1.69. The fourth-order valence-electron chi connectivity index (χ4n) is 2.05. The quantitative estimate of drug-likeness (QED) is 0.830. The number of hydrogen-bond donors (Lipinski definition) is 0. The third kappa shape index (κ3) is 2.85. The summed E-state index contributed by atoms with van der Waals surface area (Å²) in [6.07, 6.45) is 2.53. The lowest BCUT2D eigenvalue weighted by molar-refractivity contribution is -0.131. The van der Waals surface area contributed by atoms with Gasteiger partial charge in [0, 0.05) is 0 Å². The summed E-state index contributed by atoms with van der Waals surface area (Å²) in [6, 6.07) is 6.26. The maximum absolute atomic E-state index is 12.4. The van der Waals surface area contributed by atoms with Crippen molar-refractivity contribution in [3.63, 3.8) is 0 Å². The summed E-state index contributed by atoms with van der Waals surface area (Å²) in [5.41, 5.74) is 1.01. The van der Waals surface area contributed by atoms with Crippen molar-refractivity contribution in [2.24, 2.45) is 0 Å². The highest BCUT2D eigenvalue weighted by Gasteiger charge is 2.44. The Labute approximate surface area is 118 Å². The molecule has 1 aromatic carbocycles. The lowest BCUT2D eigenvalue weighted by atomic mass is 10.0. The lowest BCUT2D eigenvalue weighted by Crippen LogP contribution is -2.59. The summed E-state index contributed by atoms with van der Waals surface area (Å²) >= 11 is 1.62. The molecule has 0 radical (unpaired) electrons. The molecule has 1 heterocycles. The SMILES string of the molecule is CSCC[C@H]1C(=O)CN1S(=O)(=O)c1ccc(C)cc1. The number of sulfonamides is 1. The van der Waals surface area contributed by atoms with E-state index in [0.29, 0.717) is 6.42 Å². The second kappa shape index (κ2) is 5.64. The van der Waals surface area contributed by atoms with Crippen molar-refractivity contribution in [1.82, 2.24) is 4.31 Å². The van der Waals surface area contributed by atoms with Gasteiger partial charge in [0.2, 0.25) is 10.0 Å². The number of rotatable bonds is 5. The van der Waals surface area contributed by atoms with Crippen molar-refractivity contribution in [1.29, 1.82) is 0 Å². The Balaban J connectivity index is 2.20. The zero-order valence-corrected chi connectivity index (χ0v) is 12.6. The van der Waals surface area contributed by atoms with Crippen LogP contribution in [0.2, 0.25) is 0 Å². The van der Waals surface area contributed by atoms with Crippen LogP contribution < -0.4 is 0 Å². The number of aryl methyl sites for hydroxylation is 1. The van der Waals surface area contributed by atoms with E-state index in [-0.39, 0.29) is 17.2 Å². The highest BCUT2D eigenvalue weighted by molar-refractivity contribution is 7.98. The number of thioether (sulfide) groups is 1. The van der Waals surface area contributed by atoms with Gasteiger partial charge in [-0.15, -0.1) is 0 Å². The minimum Gasteiger partial charge on any atom is -0.296 e. The molecule has 0 saturated carbocycles. The van der Waals surface area contributed by atoms with E-state index < -0.39 is 16.1 Å². The molecule has 0 aromatic heterocycles. The van der Waals surface area contributed by atoms with Gasteiger partial charge < -0.3 is 0 Å². The Morgan fingerprint density at radius 2 is 1.95 bits per heavy atom. The van der Waals surface area contributed by atoms with Crippen LogP contribution in [-0.2, 0) is 14.8 Å². The van der Waals surface area contributed by atoms with Crippen molar-refractivity contribution in [2.75, 3.05) is 18.6 Å². The highest BCUT2D eigenvalue weighted by atomic mass is 32.2. The molecule has 0 unspecified atom stereocenters. The van der Waals surface area contributed by atoms with Crippen LogP contribution in [0.3, 0.4) is 0 Å². The fraction of sp³-hybridized carbons (Fsp3) is 0.462. The Morgan fingerprint density at radius 3 is 2.47 bits per heavy atom. The largest absolute Gasteiger partial charge is 0.296 e. The second-order valence-electron chi connectivity index (χ2n) is 4.63. The molecule has 0 aliphatic carbocycles. The van der Waals surface area contributed by atoms with Gasteiger partial charge in [-0.05, 0) is 37.5 Å². The first-order valence-corrected chi connectivity index (χ1v) is 8.90. The van der Waals surface area contributed by atoms with E-state index in [0.717, 1.165) is 11.3 Å². The predicted molar refractivity (Wildman–Crippen MR) is 76.9 cm³/mol. The first-order valence-electron chi connectivity index (χ1n) is 6.07. The van der Waals surface area contributed by atoms with Crippen molar-refractivity contribution < 1.29 is 13.2 Å². The van der Waals surface area contributed by atoms with Gasteiger partial charge in [0.1, 0.15) is 0 Å². The average molecular weight is 299 g/mol. The van der Waals surface area contributed by atoms with Gasteiger partial charge >= 0.3 is 0 Å². The number of benzene rings is 1. The molecule has 0 spiro atoms. The number of carbonyl (C=O) groups is 1. The molecule has 0 N–H and O–H groups in total. The average Bonchev–Trinajstić information content (AvgIpc) is 2.36. The van der Waals surface area contributed by atoms with Gasteiger partial charge in [-0.1, -0.05) is 17.7 Å². The summed E-state index contributed by atoms with van der Waals surface area (Å²) in [6.45, 7) is 1.92. The molecular weight excluding hydrogens is 282 g/mol. The first kappa shape index (κ1) is 14.6. The van der Waals surface area contributed by atoms with Crippen molar-refractivity contribution in [3.8, 4) is 0 Å². The van der Waals surface area contributed by atoms with E-state index in [4.69, 9.17) is 0 Å². The van der Waals surface area contributed by atoms with Crippen LogP contribution in [0, 0.1) is 6.92 Å². The normalized spacial score (nSPS) is 20.3. The summed E-state index contributed by atoms with van der Waals surface area (Å²) in [7, 11) is -3.53. The standard InChI is InChI=1S/C13H17NO3S2/c1-10-3-5-11(6-4-10)19(16,17)14-9-13(15)12(14)7-8-18-2/h3-6,12H,7-9H2,1-2H3/t12-/m0/s1. The van der Waals surface area contributed by atoms with E-state index in [9.17, 15) is 13.2 Å². The Hall–Kier alpha value is -0.850. The van der Waals surface area contributed by atoms with Crippen LogP contribution in [0.25, 0.3) is 0 Å². The van der Waals surface area contributed by atoms with E-state index >= 15 is 0 Å². The van der Waals surface area contributed by atoms with E-state index in [1.54, 1.807) is 36.0 Å². The number of ketones is 1. The fourth-order valence-corrected chi connectivity index (χ4v) is 4.11. The number of hydrogen-bond acceptors (Lipinski definition) is 4. The minimum absolute atomic E-state index is 0.00918. The zero-order chi connectivity index (χ0) is 14.0. The van der Waals surface area contributed by atoms with Crippen molar-refractivity contribution in [2.45, 2.75) is 24.3 Å². The molecule has 1 aliphatic heterocycles. The van der Waals surface area contributed by atoms with Gasteiger partial charge in [-0.3, -0.25) is 4.79 Å². The molecule has 0 amide bonds. The molecular formula is C13H17NO3S2. The van der Waals surface area contributed by atoms with E-state index in [1.165, 1.54) is 4.31 Å². The molecule has 6 heteroatoms. The Bertz CT molecular complexity index is 566. The van der Waals surface area contributed by atoms with E-state index in [2.05, 4.69) is 0 Å². The molecule has 1 fully saturated rings. The van der Waals surface area contributed by atoms with Crippen LogP contribution in [0.5, 0.6) is 0 Å². The third-order valence-corrected chi connectivity index (χ3v) is 5.77. The monoisotopic (exact) mass is 299 g/mol. The van der Waals surface area contributed by atoms with Crippen molar-refractivity contribution >= 4 is 27.6 Å². The Morgan fingerprint density at radius 1 is 1.32 bits per heavy atom. The zero-order valence-electron chi connectivity index (χ0n) is 11.0. The molecule has 2 rings (SSSR count). The molecule has 19 heavy (non-hydrogen) atoms. The first-order chi connectivity index (χ1) is 8.96. The summed E-state index contributed by atoms with van der Waals surface area (Å²) in [4.78, 5) is 11.8. The third-order valence-electron chi connectivity index (χ3n) is 3.25. The number of Topliss-reactive ketones (excluding diaryl/α,β-unsaturated/α-hetero) is 1. The molecule has 104 valence electrons. The summed E-state index contributed by atoms with van der Waals surface area (Å²) in [5, 5.41) is 0. The molecule has 1 aliphatic rings. The maximum atomic E-state index is 12.4. The van der Waals surface area contributed by atoms with Gasteiger partial charge in [-0.25, -0.2) is 8.42 Å². The molecule has 4 nitrogen and oxygen atoms in total. The highest BCUT2D eigenvalue weighted by Crippen LogP contribution is 2.27. The summed E-state index contributed by atoms with van der Waals surface area (Å²) < 4.78 is 26.1. The summed E-state index contributed by atoms with van der Waals surface area (Å²) in [5.74, 6) is 0.806. The van der Waals surface area contributed by atoms with Gasteiger partial charge in [0.25, 0.3) is 0 Å². The topological polar surface area (TPSA) is 54.5 Å². The van der Waals surface area contributed by atoms with Crippen LogP contribution in [-0.4, -0.2) is 43.1 Å². The lowest BCUT2D eigenvalue weighted by Gasteiger charge is -2.37. The molecule has 0 bridgehead atoms. The number of carbonyl (C=O) groups excluding carboxylic acids is 1. The molecule has 1 aromatic rings. The minimum atomic E-state index is -3.53. The Kier molecular flexibility index (Phi) is 4.32. The second-order valence-corrected chi connectivity index (χ2v) is 7.50. The van der Waals surface area contributed by atoms with Gasteiger partial charge in [0.15, 0.2) is 5.78 Å². The van der Waals surface area contributed by atoms with E-state index in [1.807, 2.05) is 13.2 Å². The van der Waals surface area contributed by atoms with Crippen molar-refractivity contribution in [3.05, 3.63) is 29.8 Å². The van der Waals surface area contributed by atoms with Crippen LogP contribution in [0.15, 0.2) is 29.2 Å². The van der Waals surface area contributed by atoms with Crippen LogP contribution >= 0.6 is 11.8 Å². The molecule has 1 atom stereocenters. The maximum Gasteiger partial charge on any atom is 0.244 e. The van der Waals surface area contributed by atoms with Gasteiger partial charge in [0.05, 0.1) is 17.5 Å².